The second kappa shape index (κ2) is 7.87. The van der Waals surface area contributed by atoms with Gasteiger partial charge in [-0.3, -0.25) is 0 Å². The van der Waals surface area contributed by atoms with Gasteiger partial charge in [0.1, 0.15) is 11.6 Å². The molecule has 0 fully saturated rings. The van der Waals surface area contributed by atoms with Crippen molar-refractivity contribution in [3.63, 3.8) is 0 Å². The van der Waals surface area contributed by atoms with E-state index in [0.29, 0.717) is 5.56 Å². The number of carbonyl (C=O) groups excluding carboxylic acids is 1. The number of amides is 2. The first-order valence-corrected chi connectivity index (χ1v) is 7.43. The molecule has 0 aliphatic carbocycles. The number of alkyl halides is 3. The molecule has 134 valence electrons. The van der Waals surface area contributed by atoms with Crippen LogP contribution in [0.25, 0.3) is 0 Å². The van der Waals surface area contributed by atoms with Crippen LogP contribution in [0.5, 0.6) is 5.75 Å². The summed E-state index contributed by atoms with van der Waals surface area (Å²) in [5.41, 5.74) is -0.233. The highest BCUT2D eigenvalue weighted by Gasteiger charge is 2.30. The molecule has 0 aliphatic heterocycles. The van der Waals surface area contributed by atoms with Crippen molar-refractivity contribution < 1.29 is 27.1 Å². The summed E-state index contributed by atoms with van der Waals surface area (Å²) >= 11 is 0. The van der Waals surface area contributed by atoms with Gasteiger partial charge in [-0.25, -0.2) is 9.18 Å². The Balaban J connectivity index is 2.00. The Kier molecular flexibility index (Phi) is 5.84. The number of hydrogen-bond acceptors (Lipinski definition) is 2. The summed E-state index contributed by atoms with van der Waals surface area (Å²) < 4.78 is 56.4. The molecule has 8 heteroatoms. The Hall–Kier alpha value is -2.77. The van der Waals surface area contributed by atoms with E-state index < -0.39 is 23.6 Å². The fourth-order valence-corrected chi connectivity index (χ4v) is 2.08. The number of urea groups is 1. The summed E-state index contributed by atoms with van der Waals surface area (Å²) in [6.45, 7) is 1.90. The number of anilines is 1. The third-order valence-electron chi connectivity index (χ3n) is 3.20. The van der Waals surface area contributed by atoms with E-state index in [9.17, 15) is 22.4 Å². The van der Waals surface area contributed by atoms with Crippen LogP contribution in [0.2, 0.25) is 0 Å². The number of ether oxygens (including phenoxy) is 1. The zero-order chi connectivity index (χ0) is 18.4. The van der Waals surface area contributed by atoms with Gasteiger partial charge in [-0.05, 0) is 36.8 Å². The largest absolute Gasteiger partial charge is 0.492 e. The van der Waals surface area contributed by atoms with Crippen LogP contribution in [-0.4, -0.2) is 12.6 Å². The molecule has 4 nitrogen and oxygen atoms in total. The lowest BCUT2D eigenvalue weighted by molar-refractivity contribution is -0.137. The molecule has 2 amide bonds. The highest BCUT2D eigenvalue weighted by Crippen LogP contribution is 2.29. The van der Waals surface area contributed by atoms with Crippen molar-refractivity contribution in [2.24, 2.45) is 0 Å². The second-order valence-electron chi connectivity index (χ2n) is 5.08. The highest BCUT2D eigenvalue weighted by molar-refractivity contribution is 5.90. The van der Waals surface area contributed by atoms with Gasteiger partial charge in [-0.15, -0.1) is 0 Å². The molecule has 0 saturated heterocycles. The minimum Gasteiger partial charge on any atom is -0.492 e. The highest BCUT2D eigenvalue weighted by atomic mass is 19.4. The molecule has 0 saturated carbocycles. The predicted molar refractivity (Wildman–Crippen MR) is 84.9 cm³/mol. The summed E-state index contributed by atoms with van der Waals surface area (Å²) in [6, 6.07) is 7.63. The smallest absolute Gasteiger partial charge is 0.416 e. The van der Waals surface area contributed by atoms with Crippen molar-refractivity contribution in [2.45, 2.75) is 19.6 Å². The van der Waals surface area contributed by atoms with Gasteiger partial charge in [-0.1, -0.05) is 12.1 Å². The van der Waals surface area contributed by atoms with E-state index in [1.54, 1.807) is 6.92 Å². The molecule has 0 radical (unpaired) electrons. The molecule has 2 rings (SSSR count). The molecule has 2 aromatic rings. The molecule has 0 bridgehead atoms. The van der Waals surface area contributed by atoms with E-state index in [-0.39, 0.29) is 24.6 Å². The Bertz CT molecular complexity index is 748. The first-order valence-electron chi connectivity index (χ1n) is 7.43. The zero-order valence-electron chi connectivity index (χ0n) is 13.3. The number of carbonyl (C=O) groups is 1. The Labute approximate surface area is 141 Å². The summed E-state index contributed by atoms with van der Waals surface area (Å²) in [5.74, 6) is -0.352. The maximum Gasteiger partial charge on any atom is 0.416 e. The summed E-state index contributed by atoms with van der Waals surface area (Å²) in [4.78, 5) is 11.9. The van der Waals surface area contributed by atoms with Gasteiger partial charge in [0, 0.05) is 12.6 Å². The monoisotopic (exact) mass is 356 g/mol. The fourth-order valence-electron chi connectivity index (χ4n) is 2.08. The van der Waals surface area contributed by atoms with Crippen molar-refractivity contribution in [3.05, 3.63) is 59.4 Å². The summed E-state index contributed by atoms with van der Waals surface area (Å²) in [6.07, 6.45) is -4.45. The van der Waals surface area contributed by atoms with Gasteiger partial charge in [0.05, 0.1) is 17.9 Å². The molecule has 0 spiro atoms. The van der Waals surface area contributed by atoms with Gasteiger partial charge in [-0.2, -0.15) is 13.2 Å². The topological polar surface area (TPSA) is 50.4 Å². The van der Waals surface area contributed by atoms with E-state index in [1.165, 1.54) is 18.2 Å². The van der Waals surface area contributed by atoms with Crippen molar-refractivity contribution in [2.75, 3.05) is 11.9 Å². The minimum absolute atomic E-state index is 0.0963. The maximum absolute atomic E-state index is 13.2. The Morgan fingerprint density at radius 2 is 1.92 bits per heavy atom. The van der Waals surface area contributed by atoms with Crippen molar-refractivity contribution in [1.82, 2.24) is 5.32 Å². The van der Waals surface area contributed by atoms with Crippen LogP contribution in [0.3, 0.4) is 0 Å². The number of hydrogen-bond donors (Lipinski definition) is 2. The fraction of sp³-hybridized carbons (Fsp3) is 0.235. The Morgan fingerprint density at radius 3 is 2.60 bits per heavy atom. The summed E-state index contributed by atoms with van der Waals surface area (Å²) in [7, 11) is 0. The van der Waals surface area contributed by atoms with Crippen LogP contribution in [0.1, 0.15) is 18.1 Å². The maximum atomic E-state index is 13.2. The normalized spacial score (nSPS) is 11.1. The standard InChI is InChI=1S/C17H16F4N2O2/c1-2-25-15-9-13(18)6-7-14(15)23-16(24)22-10-11-4-3-5-12(8-11)17(19,20)21/h3-9H,2,10H2,1H3,(H2,22,23,24). The number of benzene rings is 2. The lowest BCUT2D eigenvalue weighted by Crippen LogP contribution is -2.28. The number of halogens is 4. The first kappa shape index (κ1) is 18.6. The molecule has 0 heterocycles. The van der Waals surface area contributed by atoms with Gasteiger partial charge in [0.25, 0.3) is 0 Å². The number of rotatable bonds is 5. The van der Waals surface area contributed by atoms with Crippen LogP contribution in [0.4, 0.5) is 28.0 Å². The number of nitrogens with one attached hydrogen (secondary N) is 2. The lowest BCUT2D eigenvalue weighted by atomic mass is 10.1. The van der Waals surface area contributed by atoms with Crippen LogP contribution >= 0.6 is 0 Å². The third-order valence-corrected chi connectivity index (χ3v) is 3.20. The van der Waals surface area contributed by atoms with Crippen LogP contribution in [0, 0.1) is 5.82 Å². The van der Waals surface area contributed by atoms with Gasteiger partial charge in [0.15, 0.2) is 0 Å². The average molecular weight is 356 g/mol. The average Bonchev–Trinajstić information content (AvgIpc) is 2.55. The van der Waals surface area contributed by atoms with E-state index in [1.807, 2.05) is 0 Å². The van der Waals surface area contributed by atoms with E-state index in [0.717, 1.165) is 24.3 Å². The predicted octanol–water partition coefficient (Wildman–Crippen LogP) is 4.56. The van der Waals surface area contributed by atoms with E-state index in [2.05, 4.69) is 10.6 Å². The van der Waals surface area contributed by atoms with Crippen molar-refractivity contribution in [3.8, 4) is 5.75 Å². The molecule has 2 N–H and O–H groups in total. The molecule has 0 aromatic heterocycles. The lowest BCUT2D eigenvalue weighted by Gasteiger charge is -2.13. The molecule has 2 aromatic carbocycles. The van der Waals surface area contributed by atoms with Crippen LogP contribution < -0.4 is 15.4 Å². The Morgan fingerprint density at radius 1 is 1.16 bits per heavy atom. The zero-order valence-corrected chi connectivity index (χ0v) is 13.3. The SMILES string of the molecule is CCOc1cc(F)ccc1NC(=O)NCc1cccc(C(F)(F)F)c1. The summed E-state index contributed by atoms with van der Waals surface area (Å²) in [5, 5.41) is 4.92. The van der Waals surface area contributed by atoms with Crippen LogP contribution in [0.15, 0.2) is 42.5 Å². The van der Waals surface area contributed by atoms with Crippen molar-refractivity contribution in [1.29, 1.82) is 0 Å². The third kappa shape index (κ3) is 5.37. The van der Waals surface area contributed by atoms with Gasteiger partial charge < -0.3 is 15.4 Å². The molecule has 0 atom stereocenters. The van der Waals surface area contributed by atoms with Crippen LogP contribution in [-0.2, 0) is 12.7 Å². The van der Waals surface area contributed by atoms with E-state index >= 15 is 0 Å². The van der Waals surface area contributed by atoms with Gasteiger partial charge in [0.2, 0.25) is 0 Å². The second-order valence-corrected chi connectivity index (χ2v) is 5.08. The molecule has 0 aliphatic rings. The molecule has 0 unspecified atom stereocenters. The molecule has 25 heavy (non-hydrogen) atoms. The quantitative estimate of drug-likeness (QED) is 0.772. The molecular formula is C17H16F4N2O2. The molecular weight excluding hydrogens is 340 g/mol. The van der Waals surface area contributed by atoms with Crippen molar-refractivity contribution >= 4 is 11.7 Å². The van der Waals surface area contributed by atoms with E-state index in [4.69, 9.17) is 4.74 Å². The van der Waals surface area contributed by atoms with Gasteiger partial charge >= 0.3 is 12.2 Å². The first-order chi connectivity index (χ1) is 11.8. The minimum atomic E-state index is -4.45.